The van der Waals surface area contributed by atoms with Crippen molar-refractivity contribution in [2.24, 2.45) is 0 Å². The second kappa shape index (κ2) is 14.7. The van der Waals surface area contributed by atoms with Gasteiger partial charge in [0, 0.05) is 43.8 Å². The van der Waals surface area contributed by atoms with Crippen molar-refractivity contribution in [1.82, 2.24) is 24.1 Å². The van der Waals surface area contributed by atoms with E-state index in [1.807, 2.05) is 36.4 Å². The maximum atomic E-state index is 5.29. The second-order valence-corrected chi connectivity index (χ2v) is 15.6. The third kappa shape index (κ3) is 5.82. The van der Waals surface area contributed by atoms with E-state index in [0.717, 1.165) is 82.7 Å². The molecule has 5 nitrogen and oxygen atoms in total. The Kier molecular flexibility index (Phi) is 8.42. The molecular formula is C57H37N5. The Balaban J connectivity index is 1.19. The highest BCUT2D eigenvalue weighted by atomic mass is 15.2. The monoisotopic (exact) mass is 791 g/mol. The van der Waals surface area contributed by atoms with E-state index in [4.69, 9.17) is 15.0 Å². The highest BCUT2D eigenvalue weighted by Crippen LogP contribution is 2.45. The second-order valence-electron chi connectivity index (χ2n) is 15.6. The summed E-state index contributed by atoms with van der Waals surface area (Å²) in [6, 6.07) is 79.4. The van der Waals surface area contributed by atoms with Gasteiger partial charge in [0.05, 0.1) is 27.8 Å². The van der Waals surface area contributed by atoms with Gasteiger partial charge in [-0.05, 0) is 40.5 Å². The standard InChI is InChI=1S/C57H37N5/c1-5-18-38(19-6-1)39-32-34-41(35-33-39)45-29-17-28-44(40-20-7-2-8-21-40)53(45)61-50-31-16-14-27-48(50)52-51(61)37-36-47-46-26-13-15-30-49(46)62(54(47)52)57-59-55(42-22-9-3-10-23-42)58-56(60-57)43-24-11-4-12-25-43/h1-37H. The molecule has 290 valence electrons. The van der Waals surface area contributed by atoms with Crippen molar-refractivity contribution in [3.8, 4) is 67.8 Å². The predicted octanol–water partition coefficient (Wildman–Crippen LogP) is 14.4. The summed E-state index contributed by atoms with van der Waals surface area (Å²) in [4.78, 5) is 15.6. The first kappa shape index (κ1) is 35.5. The van der Waals surface area contributed by atoms with Crippen LogP contribution in [0.4, 0.5) is 0 Å². The molecule has 0 aliphatic rings. The molecule has 0 unspecified atom stereocenters. The van der Waals surface area contributed by atoms with Gasteiger partial charge in [0.2, 0.25) is 5.95 Å². The lowest BCUT2D eigenvalue weighted by Gasteiger charge is -2.19. The van der Waals surface area contributed by atoms with Crippen molar-refractivity contribution >= 4 is 43.6 Å². The topological polar surface area (TPSA) is 48.5 Å². The molecule has 5 heteroatoms. The normalized spacial score (nSPS) is 11.5. The van der Waals surface area contributed by atoms with Crippen LogP contribution in [0.1, 0.15) is 0 Å². The molecule has 0 radical (unpaired) electrons. The summed E-state index contributed by atoms with van der Waals surface area (Å²) >= 11 is 0. The van der Waals surface area contributed by atoms with Gasteiger partial charge in [-0.15, -0.1) is 0 Å². The third-order valence-corrected chi connectivity index (χ3v) is 12.0. The number of aromatic nitrogens is 5. The average molecular weight is 792 g/mol. The minimum atomic E-state index is 0.567. The van der Waals surface area contributed by atoms with Crippen molar-refractivity contribution in [2.45, 2.75) is 0 Å². The van der Waals surface area contributed by atoms with Gasteiger partial charge in [0.15, 0.2) is 11.6 Å². The molecule has 0 amide bonds. The molecule has 3 aromatic heterocycles. The zero-order chi connectivity index (χ0) is 41.0. The lowest BCUT2D eigenvalue weighted by Crippen LogP contribution is -2.06. The summed E-state index contributed by atoms with van der Waals surface area (Å²) in [5.41, 5.74) is 14.2. The maximum absolute atomic E-state index is 5.29. The van der Waals surface area contributed by atoms with Gasteiger partial charge >= 0.3 is 0 Å². The molecule has 3 heterocycles. The van der Waals surface area contributed by atoms with E-state index in [9.17, 15) is 0 Å². The number of nitrogens with zero attached hydrogens (tertiary/aromatic N) is 5. The van der Waals surface area contributed by atoms with Gasteiger partial charge in [-0.1, -0.05) is 206 Å². The van der Waals surface area contributed by atoms with Crippen LogP contribution in [-0.4, -0.2) is 24.1 Å². The van der Waals surface area contributed by atoms with E-state index in [2.05, 4.69) is 197 Å². The lowest BCUT2D eigenvalue weighted by atomic mass is 9.94. The van der Waals surface area contributed by atoms with Gasteiger partial charge in [0.1, 0.15) is 0 Å². The molecule has 12 aromatic rings. The van der Waals surface area contributed by atoms with Gasteiger partial charge in [-0.3, -0.25) is 4.57 Å². The molecule has 0 N–H and O–H groups in total. The Bertz CT molecular complexity index is 3540. The van der Waals surface area contributed by atoms with Crippen LogP contribution >= 0.6 is 0 Å². The number of para-hydroxylation sites is 3. The molecule has 0 aliphatic heterocycles. The third-order valence-electron chi connectivity index (χ3n) is 12.0. The van der Waals surface area contributed by atoms with E-state index in [1.54, 1.807) is 0 Å². The van der Waals surface area contributed by atoms with Gasteiger partial charge < -0.3 is 4.57 Å². The molecule has 12 rings (SSSR count). The molecule has 0 saturated heterocycles. The van der Waals surface area contributed by atoms with Crippen LogP contribution in [0, 0.1) is 0 Å². The molecule has 0 aliphatic carbocycles. The fourth-order valence-corrected chi connectivity index (χ4v) is 9.20. The first-order valence-electron chi connectivity index (χ1n) is 21.0. The number of hydrogen-bond donors (Lipinski definition) is 0. The Morgan fingerprint density at radius 2 is 0.726 bits per heavy atom. The Hall–Kier alpha value is -8.41. The fourth-order valence-electron chi connectivity index (χ4n) is 9.20. The largest absolute Gasteiger partial charge is 0.308 e. The van der Waals surface area contributed by atoms with E-state index in [1.165, 1.54) is 11.1 Å². The molecular weight excluding hydrogens is 755 g/mol. The van der Waals surface area contributed by atoms with Crippen LogP contribution in [-0.2, 0) is 0 Å². The fraction of sp³-hybridized carbons (Fsp3) is 0. The van der Waals surface area contributed by atoms with Gasteiger partial charge in [0.25, 0.3) is 0 Å². The Morgan fingerprint density at radius 3 is 1.32 bits per heavy atom. The van der Waals surface area contributed by atoms with E-state index < -0.39 is 0 Å². The van der Waals surface area contributed by atoms with Crippen molar-refractivity contribution < 1.29 is 0 Å². The number of rotatable bonds is 7. The SMILES string of the molecule is c1ccc(-c2ccc(-c3cccc(-c4ccccc4)c3-n3c4ccccc4c4c3ccc3c5ccccc5n(-c5nc(-c6ccccc6)nc(-c6ccccc6)n5)c34)cc2)cc1. The quantitative estimate of drug-likeness (QED) is 0.162. The van der Waals surface area contributed by atoms with Crippen LogP contribution in [0.2, 0.25) is 0 Å². The van der Waals surface area contributed by atoms with E-state index in [0.29, 0.717) is 17.6 Å². The molecule has 62 heavy (non-hydrogen) atoms. The molecule has 0 atom stereocenters. The minimum Gasteiger partial charge on any atom is -0.308 e. The summed E-state index contributed by atoms with van der Waals surface area (Å²) in [5.74, 6) is 1.81. The summed E-state index contributed by atoms with van der Waals surface area (Å²) < 4.78 is 4.74. The van der Waals surface area contributed by atoms with Crippen molar-refractivity contribution in [3.05, 3.63) is 224 Å². The summed E-state index contributed by atoms with van der Waals surface area (Å²) in [7, 11) is 0. The predicted molar refractivity (Wildman–Crippen MR) is 256 cm³/mol. The molecule has 0 bridgehead atoms. The number of hydrogen-bond acceptors (Lipinski definition) is 3. The van der Waals surface area contributed by atoms with E-state index >= 15 is 0 Å². The minimum absolute atomic E-state index is 0.567. The van der Waals surface area contributed by atoms with E-state index in [-0.39, 0.29) is 0 Å². The van der Waals surface area contributed by atoms with Crippen LogP contribution in [0.25, 0.3) is 111 Å². The molecule has 0 saturated carbocycles. The highest BCUT2D eigenvalue weighted by molar-refractivity contribution is 6.26. The van der Waals surface area contributed by atoms with Crippen LogP contribution in [0.5, 0.6) is 0 Å². The average Bonchev–Trinajstić information content (AvgIpc) is 3.88. The zero-order valence-electron chi connectivity index (χ0n) is 33.6. The van der Waals surface area contributed by atoms with Crippen LogP contribution in [0.3, 0.4) is 0 Å². The summed E-state index contributed by atoms with van der Waals surface area (Å²) in [6.45, 7) is 0. The first-order valence-corrected chi connectivity index (χ1v) is 21.0. The smallest absolute Gasteiger partial charge is 0.238 e. The van der Waals surface area contributed by atoms with Crippen LogP contribution < -0.4 is 0 Å². The lowest BCUT2D eigenvalue weighted by molar-refractivity contribution is 0.955. The Morgan fingerprint density at radius 1 is 0.274 bits per heavy atom. The number of benzene rings is 9. The zero-order valence-corrected chi connectivity index (χ0v) is 33.6. The number of fused-ring (bicyclic) bond motifs is 7. The van der Waals surface area contributed by atoms with Crippen molar-refractivity contribution in [1.29, 1.82) is 0 Å². The van der Waals surface area contributed by atoms with Gasteiger partial charge in [-0.25, -0.2) is 4.98 Å². The molecule has 0 fully saturated rings. The van der Waals surface area contributed by atoms with Gasteiger partial charge in [-0.2, -0.15) is 9.97 Å². The Labute approximate surface area is 358 Å². The maximum Gasteiger partial charge on any atom is 0.238 e. The first-order chi connectivity index (χ1) is 30.8. The molecule has 0 spiro atoms. The van der Waals surface area contributed by atoms with Crippen molar-refractivity contribution in [2.75, 3.05) is 0 Å². The van der Waals surface area contributed by atoms with Crippen molar-refractivity contribution in [3.63, 3.8) is 0 Å². The highest BCUT2D eigenvalue weighted by Gasteiger charge is 2.25. The summed E-state index contributed by atoms with van der Waals surface area (Å²) in [5, 5.41) is 4.54. The summed E-state index contributed by atoms with van der Waals surface area (Å²) in [6.07, 6.45) is 0. The molecule has 9 aromatic carbocycles. The van der Waals surface area contributed by atoms with Crippen LogP contribution in [0.15, 0.2) is 224 Å².